The lowest BCUT2D eigenvalue weighted by Crippen LogP contribution is -2.31. The fourth-order valence-corrected chi connectivity index (χ4v) is 2.60. The Morgan fingerprint density at radius 3 is 2.68 bits per heavy atom. The first-order valence-corrected chi connectivity index (χ1v) is 6.28. The Labute approximate surface area is 116 Å². The number of benzene rings is 1. The molecule has 0 saturated heterocycles. The van der Waals surface area contributed by atoms with Crippen molar-refractivity contribution in [3.05, 3.63) is 28.0 Å². The van der Waals surface area contributed by atoms with E-state index in [0.717, 1.165) is 12.1 Å². The monoisotopic (exact) mass is 329 g/mol. The second-order valence-electron chi connectivity index (χ2n) is 4.07. The van der Waals surface area contributed by atoms with Crippen LogP contribution in [0.15, 0.2) is 16.6 Å². The molecule has 0 radical (unpaired) electrons. The Morgan fingerprint density at radius 2 is 2.05 bits per heavy atom. The zero-order valence-electron chi connectivity index (χ0n) is 9.65. The van der Waals surface area contributed by atoms with Crippen LogP contribution in [0.3, 0.4) is 0 Å². The number of halogens is 2. The largest absolute Gasteiger partial charge is 0.481 e. The molecule has 1 aliphatic rings. The van der Waals surface area contributed by atoms with Crippen LogP contribution in [0.25, 0.3) is 0 Å². The third kappa shape index (κ3) is 2.51. The van der Waals surface area contributed by atoms with Crippen molar-refractivity contribution >= 4 is 39.3 Å². The number of hydrogen-bond acceptors (Lipinski definition) is 3. The summed E-state index contributed by atoms with van der Waals surface area (Å²) in [7, 11) is 0. The average molecular weight is 330 g/mol. The molecule has 0 aromatic heterocycles. The van der Waals surface area contributed by atoms with E-state index in [0.29, 0.717) is 10.2 Å². The number of carbonyl (C=O) groups is 3. The highest BCUT2D eigenvalue weighted by Gasteiger charge is 2.37. The smallest absolute Gasteiger partial charge is 0.303 e. The first-order valence-electron chi connectivity index (χ1n) is 5.49. The Morgan fingerprint density at radius 1 is 1.37 bits per heavy atom. The maximum atomic E-state index is 13.2. The highest BCUT2D eigenvalue weighted by molar-refractivity contribution is 9.10. The Hall–Kier alpha value is -1.76. The predicted molar refractivity (Wildman–Crippen MR) is 67.7 cm³/mol. The van der Waals surface area contributed by atoms with Gasteiger partial charge in [-0.1, -0.05) is 0 Å². The normalized spacial score (nSPS) is 13.9. The molecule has 1 amide bonds. The lowest BCUT2D eigenvalue weighted by molar-refractivity contribution is -0.137. The number of Topliss-reactive ketones (excluding diaryl/α,β-unsaturated/α-hetero) is 1. The molecule has 0 bridgehead atoms. The van der Waals surface area contributed by atoms with Crippen LogP contribution < -0.4 is 4.90 Å². The van der Waals surface area contributed by atoms with Crippen molar-refractivity contribution in [1.29, 1.82) is 0 Å². The maximum absolute atomic E-state index is 13.2. The molecule has 1 N–H and O–H groups in total. The molecule has 0 unspecified atom stereocenters. The first-order chi connectivity index (χ1) is 8.91. The van der Waals surface area contributed by atoms with E-state index >= 15 is 0 Å². The topological polar surface area (TPSA) is 74.7 Å². The van der Waals surface area contributed by atoms with Gasteiger partial charge in [-0.15, -0.1) is 0 Å². The van der Waals surface area contributed by atoms with E-state index < -0.39 is 23.5 Å². The van der Waals surface area contributed by atoms with Gasteiger partial charge < -0.3 is 10.0 Å². The van der Waals surface area contributed by atoms with E-state index in [9.17, 15) is 18.8 Å². The maximum Gasteiger partial charge on any atom is 0.303 e. The number of carbonyl (C=O) groups excluding carboxylic acids is 2. The summed E-state index contributed by atoms with van der Waals surface area (Å²) in [5, 5.41) is 8.56. The summed E-state index contributed by atoms with van der Waals surface area (Å²) in [5.74, 6) is -3.12. The molecule has 1 aromatic carbocycles. The molecule has 0 saturated carbocycles. The van der Waals surface area contributed by atoms with Gasteiger partial charge in [0.05, 0.1) is 11.3 Å². The van der Waals surface area contributed by atoms with Crippen molar-refractivity contribution < 1.29 is 23.9 Å². The van der Waals surface area contributed by atoms with E-state index in [1.807, 2.05) is 0 Å². The van der Waals surface area contributed by atoms with Gasteiger partial charge in [-0.05, 0) is 34.5 Å². The van der Waals surface area contributed by atoms with E-state index in [-0.39, 0.29) is 24.9 Å². The molecule has 0 spiro atoms. The van der Waals surface area contributed by atoms with Crippen LogP contribution in [0.5, 0.6) is 0 Å². The Bertz CT molecular complexity index is 587. The zero-order valence-corrected chi connectivity index (χ0v) is 11.2. The van der Waals surface area contributed by atoms with Crippen LogP contribution in [-0.2, 0) is 9.59 Å². The summed E-state index contributed by atoms with van der Waals surface area (Å²) >= 11 is 3.11. The van der Waals surface area contributed by atoms with Crippen molar-refractivity contribution in [3.63, 3.8) is 0 Å². The van der Waals surface area contributed by atoms with E-state index in [2.05, 4.69) is 15.9 Å². The molecular weight excluding hydrogens is 321 g/mol. The number of carboxylic acid groups (broad SMARTS) is 1. The molecule has 0 aliphatic carbocycles. The molecular formula is C12H9BrFNO4. The number of fused-ring (bicyclic) bond motifs is 1. The third-order valence-electron chi connectivity index (χ3n) is 2.75. The summed E-state index contributed by atoms with van der Waals surface area (Å²) in [6.45, 7) is 0.105. The van der Waals surface area contributed by atoms with E-state index in [4.69, 9.17) is 5.11 Å². The standard InChI is InChI=1S/C12H9BrFNO4/c13-8-5-6(14)4-7-10(8)15(12(19)11(7)18)3-1-2-9(16)17/h4-5H,1-3H2,(H,16,17). The van der Waals surface area contributed by atoms with Gasteiger partial charge in [0.25, 0.3) is 11.7 Å². The van der Waals surface area contributed by atoms with Crippen LogP contribution >= 0.6 is 15.9 Å². The van der Waals surface area contributed by atoms with Gasteiger partial charge in [0.1, 0.15) is 5.82 Å². The summed E-state index contributed by atoms with van der Waals surface area (Å²) in [6, 6.07) is 2.17. The van der Waals surface area contributed by atoms with Crippen molar-refractivity contribution in [2.45, 2.75) is 12.8 Å². The van der Waals surface area contributed by atoms with Crippen LogP contribution in [-0.4, -0.2) is 29.3 Å². The molecule has 5 nitrogen and oxygen atoms in total. The number of hydrogen-bond donors (Lipinski definition) is 1. The SMILES string of the molecule is O=C(O)CCCN1C(=O)C(=O)c2cc(F)cc(Br)c21. The molecule has 1 aromatic rings. The number of anilines is 1. The van der Waals surface area contributed by atoms with E-state index in [1.54, 1.807) is 0 Å². The van der Waals surface area contributed by atoms with Gasteiger partial charge in [0.15, 0.2) is 0 Å². The molecule has 1 heterocycles. The number of aliphatic carboxylic acids is 1. The van der Waals surface area contributed by atoms with Crippen molar-refractivity contribution in [2.24, 2.45) is 0 Å². The Kier molecular flexibility index (Phi) is 3.66. The first kappa shape index (κ1) is 13.7. The zero-order chi connectivity index (χ0) is 14.2. The minimum Gasteiger partial charge on any atom is -0.481 e. The third-order valence-corrected chi connectivity index (χ3v) is 3.36. The molecule has 0 fully saturated rings. The highest BCUT2D eigenvalue weighted by atomic mass is 79.9. The Balaban J connectivity index is 2.31. The number of nitrogens with zero attached hydrogens (tertiary/aromatic N) is 1. The van der Waals surface area contributed by atoms with Gasteiger partial charge in [-0.3, -0.25) is 14.4 Å². The average Bonchev–Trinajstić information content (AvgIpc) is 2.54. The number of ketones is 1. The summed E-state index contributed by atoms with van der Waals surface area (Å²) in [4.78, 5) is 35.1. The second kappa shape index (κ2) is 5.08. The van der Waals surface area contributed by atoms with Crippen LogP contribution in [0.4, 0.5) is 10.1 Å². The van der Waals surface area contributed by atoms with Crippen LogP contribution in [0, 0.1) is 5.82 Å². The van der Waals surface area contributed by atoms with Gasteiger partial charge in [-0.25, -0.2) is 4.39 Å². The van der Waals surface area contributed by atoms with Crippen molar-refractivity contribution in [3.8, 4) is 0 Å². The van der Waals surface area contributed by atoms with Gasteiger partial charge >= 0.3 is 5.97 Å². The summed E-state index contributed by atoms with van der Waals surface area (Å²) in [5.41, 5.74) is 0.314. The van der Waals surface area contributed by atoms with Crippen LogP contribution in [0.2, 0.25) is 0 Å². The van der Waals surface area contributed by atoms with Gasteiger partial charge in [0, 0.05) is 17.4 Å². The summed E-state index contributed by atoms with van der Waals surface area (Å²) in [6.07, 6.45) is 0.115. The molecule has 0 atom stereocenters. The number of rotatable bonds is 4. The number of amides is 1. The minimum absolute atomic E-state index is 0.00667. The predicted octanol–water partition coefficient (Wildman–Crippen LogP) is 1.98. The fourth-order valence-electron chi connectivity index (χ4n) is 1.95. The minimum atomic E-state index is -0.976. The van der Waals surface area contributed by atoms with Crippen molar-refractivity contribution in [2.75, 3.05) is 11.4 Å². The number of carboxylic acids is 1. The second-order valence-corrected chi connectivity index (χ2v) is 4.92. The fraction of sp³-hybridized carbons (Fsp3) is 0.250. The molecule has 2 rings (SSSR count). The lowest BCUT2D eigenvalue weighted by atomic mass is 10.1. The van der Waals surface area contributed by atoms with Crippen LogP contribution in [0.1, 0.15) is 23.2 Å². The highest BCUT2D eigenvalue weighted by Crippen LogP contribution is 2.36. The van der Waals surface area contributed by atoms with Crippen molar-refractivity contribution in [1.82, 2.24) is 0 Å². The van der Waals surface area contributed by atoms with Gasteiger partial charge in [0.2, 0.25) is 0 Å². The summed E-state index contributed by atoms with van der Waals surface area (Å²) < 4.78 is 13.5. The molecule has 19 heavy (non-hydrogen) atoms. The van der Waals surface area contributed by atoms with E-state index in [1.165, 1.54) is 4.90 Å². The molecule has 7 heteroatoms. The quantitative estimate of drug-likeness (QED) is 0.857. The molecule has 100 valence electrons. The lowest BCUT2D eigenvalue weighted by Gasteiger charge is -2.17. The molecule has 1 aliphatic heterocycles. The van der Waals surface area contributed by atoms with Gasteiger partial charge in [-0.2, -0.15) is 0 Å².